The fourth-order valence-electron chi connectivity index (χ4n) is 2.93. The molecule has 2 rings (SSSR count). The highest BCUT2D eigenvalue weighted by Gasteiger charge is 2.42. The quantitative estimate of drug-likeness (QED) is 0.620. The summed E-state index contributed by atoms with van der Waals surface area (Å²) in [6.45, 7) is 5.05. The molecule has 1 saturated carbocycles. The van der Waals surface area contributed by atoms with Gasteiger partial charge in [-0.1, -0.05) is 18.1 Å². The molecule has 0 bridgehead atoms. The highest BCUT2D eigenvalue weighted by molar-refractivity contribution is 7.90. The van der Waals surface area contributed by atoms with Crippen LogP contribution in [0.3, 0.4) is 0 Å². The van der Waals surface area contributed by atoms with E-state index in [-0.39, 0.29) is 13.0 Å². The Hall–Kier alpha value is -2.73. The predicted octanol–water partition coefficient (Wildman–Crippen LogP) is 2.00. The molecule has 0 spiro atoms. The van der Waals surface area contributed by atoms with E-state index in [1.54, 1.807) is 45.0 Å². The number of nitrogens with one attached hydrogen (secondary N) is 1. The van der Waals surface area contributed by atoms with Crippen LogP contribution in [0.25, 0.3) is 0 Å². The Morgan fingerprint density at radius 3 is 2.34 bits per heavy atom. The summed E-state index contributed by atoms with van der Waals surface area (Å²) in [4.78, 5) is 25.8. The first-order valence-electron chi connectivity index (χ1n) is 9.18. The minimum absolute atomic E-state index is 0.00497. The van der Waals surface area contributed by atoms with E-state index in [0.29, 0.717) is 24.2 Å². The van der Waals surface area contributed by atoms with Crippen molar-refractivity contribution in [3.05, 3.63) is 29.8 Å². The van der Waals surface area contributed by atoms with Crippen molar-refractivity contribution in [2.24, 2.45) is 0 Å². The molecule has 1 aliphatic rings. The van der Waals surface area contributed by atoms with Crippen molar-refractivity contribution >= 4 is 22.0 Å². The summed E-state index contributed by atoms with van der Waals surface area (Å²) in [5.74, 6) is 2.03. The molecule has 2 N–H and O–H groups in total. The van der Waals surface area contributed by atoms with Gasteiger partial charge in [-0.3, -0.25) is 14.4 Å². The molecule has 1 atom stereocenters. The van der Waals surface area contributed by atoms with Crippen molar-refractivity contribution in [1.82, 2.24) is 9.62 Å². The van der Waals surface area contributed by atoms with E-state index < -0.39 is 38.9 Å². The highest BCUT2D eigenvalue weighted by Crippen LogP contribution is 2.28. The number of terminal acetylenes is 1. The Bertz CT molecular complexity index is 892. The summed E-state index contributed by atoms with van der Waals surface area (Å²) in [6, 6.07) is 5.46. The molecule has 0 aliphatic heterocycles. The van der Waals surface area contributed by atoms with Crippen LogP contribution in [0.15, 0.2) is 24.3 Å². The Morgan fingerprint density at radius 2 is 1.90 bits per heavy atom. The number of hydrogen-bond acceptors (Lipinski definition) is 5. The molecule has 0 heterocycles. The van der Waals surface area contributed by atoms with Crippen LogP contribution in [0, 0.1) is 12.3 Å². The number of hydrogen-bond donors (Lipinski definition) is 2. The molecule has 1 aliphatic carbocycles. The number of rotatable bonds is 8. The van der Waals surface area contributed by atoms with E-state index in [0.717, 1.165) is 4.90 Å². The minimum atomic E-state index is -3.80. The zero-order valence-electron chi connectivity index (χ0n) is 16.7. The maximum Gasteiger partial charge on any atom is 0.408 e. The SMILES string of the molecule is C#CCOc1ccc(C[C@@H](C(=O)NS(=O)(=O)C2CC2)N(C(=O)O)C(C)(C)C)cc1. The highest BCUT2D eigenvalue weighted by atomic mass is 32.2. The Labute approximate surface area is 171 Å². The molecule has 0 saturated heterocycles. The van der Waals surface area contributed by atoms with Gasteiger partial charge in [0.05, 0.1) is 5.25 Å². The van der Waals surface area contributed by atoms with Gasteiger partial charge in [-0.2, -0.15) is 0 Å². The Balaban J connectivity index is 2.29. The number of sulfonamides is 1. The van der Waals surface area contributed by atoms with Crippen LogP contribution in [-0.4, -0.2) is 53.9 Å². The molecular formula is C20H26N2O6S. The number of carbonyl (C=O) groups is 2. The fourth-order valence-corrected chi connectivity index (χ4v) is 4.27. The van der Waals surface area contributed by atoms with Crippen molar-refractivity contribution in [3.8, 4) is 18.1 Å². The second-order valence-corrected chi connectivity index (χ2v) is 9.85. The summed E-state index contributed by atoms with van der Waals surface area (Å²) in [5.41, 5.74) is -0.273. The third kappa shape index (κ3) is 6.12. The van der Waals surface area contributed by atoms with Crippen LogP contribution >= 0.6 is 0 Å². The molecule has 0 aromatic heterocycles. The van der Waals surface area contributed by atoms with Crippen molar-refractivity contribution in [3.63, 3.8) is 0 Å². The predicted molar refractivity (Wildman–Crippen MR) is 108 cm³/mol. The number of carboxylic acid groups (broad SMARTS) is 1. The van der Waals surface area contributed by atoms with E-state index in [1.165, 1.54) is 0 Å². The lowest BCUT2D eigenvalue weighted by Gasteiger charge is -2.38. The lowest BCUT2D eigenvalue weighted by Crippen LogP contribution is -2.58. The topological polar surface area (TPSA) is 113 Å². The lowest BCUT2D eigenvalue weighted by atomic mass is 9.98. The summed E-state index contributed by atoms with van der Waals surface area (Å²) in [7, 11) is -3.80. The fraction of sp³-hybridized carbons (Fsp3) is 0.500. The average Bonchev–Trinajstić information content (AvgIpc) is 3.44. The van der Waals surface area contributed by atoms with Gasteiger partial charge in [0.25, 0.3) is 5.91 Å². The second kappa shape index (κ2) is 8.74. The van der Waals surface area contributed by atoms with Crippen molar-refractivity contribution in [1.29, 1.82) is 0 Å². The van der Waals surface area contributed by atoms with Crippen molar-refractivity contribution in [2.75, 3.05) is 6.61 Å². The number of benzene rings is 1. The van der Waals surface area contributed by atoms with Gasteiger partial charge in [0.15, 0.2) is 0 Å². The van der Waals surface area contributed by atoms with Gasteiger partial charge >= 0.3 is 6.09 Å². The van der Waals surface area contributed by atoms with Gasteiger partial charge in [0.2, 0.25) is 10.0 Å². The Kier molecular flexibility index (Phi) is 6.80. The van der Waals surface area contributed by atoms with E-state index in [9.17, 15) is 23.1 Å². The lowest BCUT2D eigenvalue weighted by molar-refractivity contribution is -0.125. The average molecular weight is 423 g/mol. The second-order valence-electron chi connectivity index (χ2n) is 7.89. The summed E-state index contributed by atoms with van der Waals surface area (Å²) in [5, 5.41) is 9.13. The maximum atomic E-state index is 12.9. The zero-order valence-corrected chi connectivity index (χ0v) is 17.5. The van der Waals surface area contributed by atoms with Crippen LogP contribution in [0.2, 0.25) is 0 Å². The minimum Gasteiger partial charge on any atom is -0.481 e. The van der Waals surface area contributed by atoms with Gasteiger partial charge in [-0.15, -0.1) is 6.42 Å². The molecule has 1 aromatic rings. The molecule has 8 nitrogen and oxygen atoms in total. The van der Waals surface area contributed by atoms with Gasteiger partial charge < -0.3 is 9.84 Å². The molecule has 1 fully saturated rings. The first kappa shape index (κ1) is 22.6. The number of nitrogens with zero attached hydrogens (tertiary/aromatic N) is 1. The van der Waals surface area contributed by atoms with Gasteiger partial charge in [0.1, 0.15) is 18.4 Å². The molecule has 9 heteroatoms. The van der Waals surface area contributed by atoms with E-state index >= 15 is 0 Å². The molecular weight excluding hydrogens is 396 g/mol. The van der Waals surface area contributed by atoms with E-state index in [4.69, 9.17) is 11.2 Å². The van der Waals surface area contributed by atoms with Crippen molar-refractivity contribution < 1.29 is 27.9 Å². The standard InChI is InChI=1S/C20H26N2O6S/c1-5-12-28-15-8-6-14(7-9-15)13-17(22(19(24)25)20(2,3)4)18(23)21-29(26,27)16-10-11-16/h1,6-9,16-17H,10-13H2,2-4H3,(H,21,23)(H,24,25)/t17-/m0/s1. The summed E-state index contributed by atoms with van der Waals surface area (Å²) >= 11 is 0. The number of carbonyl (C=O) groups excluding carboxylic acids is 1. The van der Waals surface area contributed by atoms with Crippen LogP contribution in [-0.2, 0) is 21.2 Å². The molecule has 0 unspecified atom stereocenters. The first-order valence-corrected chi connectivity index (χ1v) is 10.7. The third-order valence-electron chi connectivity index (χ3n) is 4.42. The van der Waals surface area contributed by atoms with Crippen LogP contribution in [0.5, 0.6) is 5.75 Å². The number of amides is 2. The third-order valence-corrected chi connectivity index (χ3v) is 6.26. The van der Waals surface area contributed by atoms with Crippen LogP contribution in [0.1, 0.15) is 39.2 Å². The van der Waals surface area contributed by atoms with E-state index in [1.807, 2.05) is 0 Å². The van der Waals surface area contributed by atoms with Gasteiger partial charge in [-0.05, 0) is 51.3 Å². The monoisotopic (exact) mass is 422 g/mol. The smallest absolute Gasteiger partial charge is 0.408 e. The van der Waals surface area contributed by atoms with Gasteiger partial charge in [0, 0.05) is 12.0 Å². The Morgan fingerprint density at radius 1 is 1.31 bits per heavy atom. The molecule has 1 aromatic carbocycles. The van der Waals surface area contributed by atoms with Crippen molar-refractivity contribution in [2.45, 2.75) is 56.9 Å². The zero-order chi connectivity index (χ0) is 21.8. The largest absolute Gasteiger partial charge is 0.481 e. The molecule has 0 radical (unpaired) electrons. The normalized spacial score (nSPS) is 15.1. The molecule has 29 heavy (non-hydrogen) atoms. The summed E-state index contributed by atoms with van der Waals surface area (Å²) in [6.07, 6.45) is 4.84. The summed E-state index contributed by atoms with van der Waals surface area (Å²) < 4.78 is 31.8. The van der Waals surface area contributed by atoms with Gasteiger partial charge in [-0.25, -0.2) is 13.2 Å². The van der Waals surface area contributed by atoms with E-state index in [2.05, 4.69) is 10.6 Å². The molecule has 158 valence electrons. The first-order chi connectivity index (χ1) is 13.5. The molecule has 2 amide bonds. The number of ether oxygens (including phenoxy) is 1. The van der Waals surface area contributed by atoms with Crippen LogP contribution in [0.4, 0.5) is 4.79 Å². The maximum absolute atomic E-state index is 12.9. The van der Waals surface area contributed by atoms with Crippen LogP contribution < -0.4 is 9.46 Å².